The van der Waals surface area contributed by atoms with Gasteiger partial charge in [-0.1, -0.05) is 18.2 Å². The molecule has 1 aromatic heterocycles. The van der Waals surface area contributed by atoms with Crippen molar-refractivity contribution in [3.8, 4) is 0 Å². The van der Waals surface area contributed by atoms with Crippen molar-refractivity contribution in [3.63, 3.8) is 0 Å². The van der Waals surface area contributed by atoms with E-state index < -0.39 is 22.9 Å². The Morgan fingerprint density at radius 3 is 2.76 bits per heavy atom. The predicted octanol–water partition coefficient (Wildman–Crippen LogP) is 3.44. The Balaban J connectivity index is 1.79. The number of ether oxygens (including phenoxy) is 1. The van der Waals surface area contributed by atoms with Crippen LogP contribution in [0.5, 0.6) is 0 Å². The van der Waals surface area contributed by atoms with Gasteiger partial charge in [0.2, 0.25) is 5.76 Å². The first kappa shape index (κ1) is 17.0. The summed E-state index contributed by atoms with van der Waals surface area (Å²) in [4.78, 5) is 36.9. The number of rotatable bonds is 4. The van der Waals surface area contributed by atoms with Crippen LogP contribution >= 0.6 is 11.8 Å². The molecule has 0 bridgehead atoms. The van der Waals surface area contributed by atoms with Crippen LogP contribution in [0.25, 0.3) is 6.08 Å². The molecule has 0 aliphatic carbocycles. The number of benzene rings is 1. The quantitative estimate of drug-likeness (QED) is 0.613. The number of thioether (sulfide) groups is 1. The van der Waals surface area contributed by atoms with Crippen molar-refractivity contribution in [1.29, 1.82) is 0 Å². The van der Waals surface area contributed by atoms with Crippen molar-refractivity contribution in [1.82, 2.24) is 4.90 Å². The van der Waals surface area contributed by atoms with Crippen LogP contribution in [0.1, 0.15) is 21.9 Å². The molecule has 2 aromatic rings. The van der Waals surface area contributed by atoms with Crippen molar-refractivity contribution in [2.45, 2.75) is 6.54 Å². The monoisotopic (exact) mass is 361 g/mol. The zero-order valence-electron chi connectivity index (χ0n) is 13.0. The SMILES string of the molecule is COC(=O)c1ccc(CN2C(=O)S/C(=C/c3ccccc3F)C2=O)o1. The molecule has 25 heavy (non-hydrogen) atoms. The second-order valence-electron chi connectivity index (χ2n) is 5.05. The largest absolute Gasteiger partial charge is 0.463 e. The van der Waals surface area contributed by atoms with Gasteiger partial charge in [0.25, 0.3) is 11.1 Å². The number of imide groups is 1. The van der Waals surface area contributed by atoms with Gasteiger partial charge in [-0.2, -0.15) is 0 Å². The number of carbonyl (C=O) groups excluding carboxylic acids is 3. The van der Waals surface area contributed by atoms with E-state index in [1.165, 1.54) is 43.5 Å². The maximum absolute atomic E-state index is 13.7. The van der Waals surface area contributed by atoms with Crippen LogP contribution in [0.15, 0.2) is 45.7 Å². The molecule has 1 aliphatic heterocycles. The molecule has 8 heteroatoms. The average molecular weight is 361 g/mol. The summed E-state index contributed by atoms with van der Waals surface area (Å²) >= 11 is 0.721. The molecule has 6 nitrogen and oxygen atoms in total. The molecule has 1 fully saturated rings. The lowest BCUT2D eigenvalue weighted by atomic mass is 10.2. The van der Waals surface area contributed by atoms with Crippen molar-refractivity contribution in [2.24, 2.45) is 0 Å². The van der Waals surface area contributed by atoms with Crippen LogP contribution < -0.4 is 0 Å². The number of esters is 1. The highest BCUT2D eigenvalue weighted by Gasteiger charge is 2.35. The summed E-state index contributed by atoms with van der Waals surface area (Å²) in [5.74, 6) is -1.45. The van der Waals surface area contributed by atoms with E-state index in [-0.39, 0.29) is 28.5 Å². The van der Waals surface area contributed by atoms with Crippen LogP contribution in [-0.2, 0) is 16.1 Å². The maximum atomic E-state index is 13.7. The standard InChI is InChI=1S/C17H12FNO5S/c1-23-16(21)13-7-6-11(24-13)9-19-15(20)14(25-17(19)22)8-10-4-2-3-5-12(10)18/h2-8H,9H2,1H3/b14-8+. The highest BCUT2D eigenvalue weighted by atomic mass is 32.2. The lowest BCUT2D eigenvalue weighted by Gasteiger charge is -2.09. The van der Waals surface area contributed by atoms with E-state index in [1.54, 1.807) is 6.07 Å². The Bertz CT molecular complexity index is 889. The summed E-state index contributed by atoms with van der Waals surface area (Å²) in [5, 5.41) is -0.497. The second-order valence-corrected chi connectivity index (χ2v) is 6.04. The Labute approximate surface area is 146 Å². The van der Waals surface area contributed by atoms with Crippen LogP contribution in [0.4, 0.5) is 9.18 Å². The number of amides is 2. The third-order valence-electron chi connectivity index (χ3n) is 3.43. The normalized spacial score (nSPS) is 15.9. The summed E-state index contributed by atoms with van der Waals surface area (Å²) < 4.78 is 23.5. The summed E-state index contributed by atoms with van der Waals surface area (Å²) in [5.41, 5.74) is 0.221. The predicted molar refractivity (Wildman–Crippen MR) is 88.0 cm³/mol. The fourth-order valence-electron chi connectivity index (χ4n) is 2.20. The molecule has 1 saturated heterocycles. The fourth-order valence-corrected chi connectivity index (χ4v) is 3.03. The van der Waals surface area contributed by atoms with Crippen LogP contribution in [0.2, 0.25) is 0 Å². The molecule has 3 rings (SSSR count). The van der Waals surface area contributed by atoms with E-state index >= 15 is 0 Å². The smallest absolute Gasteiger partial charge is 0.373 e. The third kappa shape index (κ3) is 3.48. The van der Waals surface area contributed by atoms with Crippen LogP contribution in [-0.4, -0.2) is 29.1 Å². The molecule has 0 spiro atoms. The van der Waals surface area contributed by atoms with Crippen molar-refractivity contribution in [3.05, 3.63) is 64.2 Å². The van der Waals surface area contributed by atoms with Gasteiger partial charge in [0.1, 0.15) is 11.6 Å². The van der Waals surface area contributed by atoms with Gasteiger partial charge < -0.3 is 9.15 Å². The average Bonchev–Trinajstić information content (AvgIpc) is 3.17. The van der Waals surface area contributed by atoms with Crippen molar-refractivity contribution in [2.75, 3.05) is 7.11 Å². The van der Waals surface area contributed by atoms with E-state index in [4.69, 9.17) is 4.42 Å². The summed E-state index contributed by atoms with van der Waals surface area (Å²) in [6, 6.07) is 8.84. The lowest BCUT2D eigenvalue weighted by molar-refractivity contribution is -0.123. The van der Waals surface area contributed by atoms with E-state index in [0.29, 0.717) is 0 Å². The minimum absolute atomic E-state index is 0.0219. The molecule has 0 atom stereocenters. The number of methoxy groups -OCH3 is 1. The zero-order valence-corrected chi connectivity index (χ0v) is 13.8. The first-order valence-electron chi connectivity index (χ1n) is 7.16. The van der Waals surface area contributed by atoms with Gasteiger partial charge in [-0.25, -0.2) is 9.18 Å². The highest BCUT2D eigenvalue weighted by Crippen LogP contribution is 2.33. The number of hydrogen-bond acceptors (Lipinski definition) is 6. The van der Waals surface area contributed by atoms with Gasteiger partial charge in [0, 0.05) is 5.56 Å². The fraction of sp³-hybridized carbons (Fsp3) is 0.118. The van der Waals surface area contributed by atoms with Gasteiger partial charge >= 0.3 is 5.97 Å². The van der Waals surface area contributed by atoms with Gasteiger partial charge in [-0.15, -0.1) is 0 Å². The van der Waals surface area contributed by atoms with Crippen molar-refractivity contribution >= 4 is 35.0 Å². The summed E-state index contributed by atoms with van der Waals surface area (Å²) in [7, 11) is 1.22. The Morgan fingerprint density at radius 2 is 2.04 bits per heavy atom. The van der Waals surface area contributed by atoms with E-state index in [1.807, 2.05) is 0 Å². The maximum Gasteiger partial charge on any atom is 0.373 e. The van der Waals surface area contributed by atoms with E-state index in [0.717, 1.165) is 16.7 Å². The van der Waals surface area contributed by atoms with Crippen LogP contribution in [0.3, 0.4) is 0 Å². The Morgan fingerprint density at radius 1 is 1.28 bits per heavy atom. The summed E-state index contributed by atoms with van der Waals surface area (Å²) in [6.45, 7) is -0.129. The van der Waals surface area contributed by atoms with Crippen LogP contribution in [0, 0.1) is 5.82 Å². The number of nitrogens with zero attached hydrogens (tertiary/aromatic N) is 1. The molecule has 2 amide bonds. The molecule has 0 unspecified atom stereocenters. The molecule has 1 aliphatic rings. The lowest BCUT2D eigenvalue weighted by Crippen LogP contribution is -2.27. The zero-order chi connectivity index (χ0) is 18.0. The third-order valence-corrected chi connectivity index (χ3v) is 4.33. The summed E-state index contributed by atoms with van der Waals surface area (Å²) in [6.07, 6.45) is 1.34. The Kier molecular flexibility index (Phi) is 4.71. The molecule has 0 saturated carbocycles. The first-order chi connectivity index (χ1) is 12.0. The molecule has 0 N–H and O–H groups in total. The van der Waals surface area contributed by atoms with Crippen molar-refractivity contribution < 1.29 is 27.9 Å². The van der Waals surface area contributed by atoms with E-state index in [2.05, 4.69) is 4.74 Å². The number of hydrogen-bond donors (Lipinski definition) is 0. The molecule has 2 heterocycles. The van der Waals surface area contributed by atoms with Gasteiger partial charge in [-0.3, -0.25) is 14.5 Å². The molecular formula is C17H12FNO5S. The topological polar surface area (TPSA) is 76.8 Å². The van der Waals surface area contributed by atoms with Gasteiger partial charge in [-0.05, 0) is 36.0 Å². The van der Waals surface area contributed by atoms with E-state index in [9.17, 15) is 18.8 Å². The number of halogens is 1. The molecule has 1 aromatic carbocycles. The number of carbonyl (C=O) groups is 3. The number of furan rings is 1. The van der Waals surface area contributed by atoms with Gasteiger partial charge in [0.15, 0.2) is 0 Å². The molecular weight excluding hydrogens is 349 g/mol. The van der Waals surface area contributed by atoms with Gasteiger partial charge in [0.05, 0.1) is 18.6 Å². The minimum atomic E-state index is -0.653. The Hall–Kier alpha value is -2.87. The second kappa shape index (κ2) is 6.94. The first-order valence-corrected chi connectivity index (χ1v) is 7.98. The molecule has 128 valence electrons. The molecule has 0 radical (unpaired) electrons. The highest BCUT2D eigenvalue weighted by molar-refractivity contribution is 8.18. The minimum Gasteiger partial charge on any atom is -0.463 e.